The lowest BCUT2D eigenvalue weighted by Crippen LogP contribution is -2.17. The van der Waals surface area contributed by atoms with Gasteiger partial charge in [0.15, 0.2) is 0 Å². The van der Waals surface area contributed by atoms with E-state index in [9.17, 15) is 13.2 Å². The largest absolute Gasteiger partial charge is 0.509 e. The third-order valence-corrected chi connectivity index (χ3v) is 1.91. The van der Waals surface area contributed by atoms with Gasteiger partial charge in [0.1, 0.15) is 6.61 Å². The topological polar surface area (TPSA) is 78.9 Å². The van der Waals surface area contributed by atoms with Gasteiger partial charge in [0.05, 0.1) is 6.61 Å². The van der Waals surface area contributed by atoms with Crippen LogP contribution in [0.1, 0.15) is 0 Å². The minimum absolute atomic E-state index is 0.0492. The molecular weight excluding hydrogens is 224 g/mol. The standard InChI is InChI=1S/C8H12O6S/c1-3-5-12-8(9)13-7-15(10,11)14-6-4-2/h3-4H,1-2,5-7H2. The van der Waals surface area contributed by atoms with Crippen molar-refractivity contribution in [1.29, 1.82) is 0 Å². The molecule has 15 heavy (non-hydrogen) atoms. The zero-order chi connectivity index (χ0) is 11.7. The van der Waals surface area contributed by atoms with Gasteiger partial charge in [-0.1, -0.05) is 18.7 Å². The molecule has 7 heteroatoms. The van der Waals surface area contributed by atoms with Crippen LogP contribution >= 0.6 is 0 Å². The van der Waals surface area contributed by atoms with E-state index >= 15 is 0 Å². The van der Waals surface area contributed by atoms with Crippen molar-refractivity contribution in [2.75, 3.05) is 19.2 Å². The van der Waals surface area contributed by atoms with E-state index in [1.165, 1.54) is 12.2 Å². The Morgan fingerprint density at radius 1 is 1.13 bits per heavy atom. The third kappa shape index (κ3) is 7.71. The van der Waals surface area contributed by atoms with E-state index < -0.39 is 22.2 Å². The Hall–Kier alpha value is -1.34. The molecule has 0 heterocycles. The van der Waals surface area contributed by atoms with Gasteiger partial charge in [-0.05, 0) is 0 Å². The number of rotatable bonds is 7. The van der Waals surface area contributed by atoms with Gasteiger partial charge in [-0.25, -0.2) is 4.79 Å². The Kier molecular flexibility index (Phi) is 6.39. The van der Waals surface area contributed by atoms with Gasteiger partial charge in [0.2, 0.25) is 5.94 Å². The van der Waals surface area contributed by atoms with E-state index in [0.717, 1.165) is 0 Å². The molecule has 0 radical (unpaired) electrons. The maximum absolute atomic E-state index is 10.9. The molecule has 0 unspecified atom stereocenters. The van der Waals surface area contributed by atoms with Crippen LogP contribution in [0.2, 0.25) is 0 Å². The summed E-state index contributed by atoms with van der Waals surface area (Å²) >= 11 is 0. The first-order chi connectivity index (χ1) is 7.02. The molecule has 0 rings (SSSR count). The lowest BCUT2D eigenvalue weighted by molar-refractivity contribution is 0.0740. The molecule has 0 saturated carbocycles. The summed E-state index contributed by atoms with van der Waals surface area (Å²) in [6, 6.07) is 0. The Balaban J connectivity index is 3.87. The lowest BCUT2D eigenvalue weighted by Gasteiger charge is -2.04. The van der Waals surface area contributed by atoms with E-state index in [-0.39, 0.29) is 13.2 Å². The molecule has 0 saturated heterocycles. The number of hydrogen-bond acceptors (Lipinski definition) is 6. The molecule has 0 aromatic rings. The maximum Gasteiger partial charge on any atom is 0.509 e. The van der Waals surface area contributed by atoms with Gasteiger partial charge in [-0.2, -0.15) is 8.42 Å². The highest BCUT2D eigenvalue weighted by Crippen LogP contribution is 1.96. The summed E-state index contributed by atoms with van der Waals surface area (Å²) in [5.74, 6) is -0.892. The van der Waals surface area contributed by atoms with Crippen LogP contribution in [-0.2, 0) is 23.8 Å². The molecule has 0 N–H and O–H groups in total. The van der Waals surface area contributed by atoms with Crippen molar-refractivity contribution in [3.63, 3.8) is 0 Å². The summed E-state index contributed by atoms with van der Waals surface area (Å²) < 4.78 is 34.8. The average molecular weight is 236 g/mol. The van der Waals surface area contributed by atoms with Crippen molar-refractivity contribution < 1.29 is 26.9 Å². The fourth-order valence-corrected chi connectivity index (χ4v) is 1.09. The molecule has 0 aliphatic heterocycles. The predicted molar refractivity (Wildman–Crippen MR) is 52.6 cm³/mol. The number of carbonyl (C=O) groups is 1. The minimum Gasteiger partial charge on any atom is -0.430 e. The third-order valence-electron chi connectivity index (χ3n) is 1.01. The second kappa shape index (κ2) is 7.02. The summed E-state index contributed by atoms with van der Waals surface area (Å²) in [5.41, 5.74) is 0. The van der Waals surface area contributed by atoms with Crippen molar-refractivity contribution in [1.82, 2.24) is 0 Å². The first-order valence-electron chi connectivity index (χ1n) is 3.90. The van der Waals surface area contributed by atoms with Crippen molar-refractivity contribution in [3.8, 4) is 0 Å². The van der Waals surface area contributed by atoms with Gasteiger partial charge in [-0.15, -0.1) is 6.58 Å². The van der Waals surface area contributed by atoms with Crippen LogP contribution in [0.15, 0.2) is 25.3 Å². The highest BCUT2D eigenvalue weighted by atomic mass is 32.2. The Bertz CT molecular complexity index is 318. The first kappa shape index (κ1) is 13.7. The number of hydrogen-bond donors (Lipinski definition) is 0. The van der Waals surface area contributed by atoms with Crippen LogP contribution in [0.5, 0.6) is 0 Å². The predicted octanol–water partition coefficient (Wildman–Crippen LogP) is 0.816. The molecular formula is C8H12O6S. The Morgan fingerprint density at radius 2 is 1.73 bits per heavy atom. The molecule has 0 aromatic heterocycles. The fraction of sp³-hybridized carbons (Fsp3) is 0.375. The van der Waals surface area contributed by atoms with E-state index in [4.69, 9.17) is 0 Å². The zero-order valence-corrected chi connectivity index (χ0v) is 8.86. The zero-order valence-electron chi connectivity index (χ0n) is 8.05. The highest BCUT2D eigenvalue weighted by Gasteiger charge is 2.14. The van der Waals surface area contributed by atoms with Gasteiger partial charge in [0.25, 0.3) is 0 Å². The Labute approximate surface area is 88.3 Å². The number of carbonyl (C=O) groups excluding carboxylic acids is 1. The molecule has 0 aliphatic rings. The molecule has 0 spiro atoms. The summed E-state index contributed by atoms with van der Waals surface area (Å²) in [6.45, 7) is 6.34. The molecule has 0 aliphatic carbocycles. The summed E-state index contributed by atoms with van der Waals surface area (Å²) in [6.07, 6.45) is 1.48. The maximum atomic E-state index is 10.9. The molecule has 86 valence electrons. The summed E-state index contributed by atoms with van der Waals surface area (Å²) in [7, 11) is -3.88. The van der Waals surface area contributed by atoms with Crippen LogP contribution in [0.25, 0.3) is 0 Å². The van der Waals surface area contributed by atoms with E-state index in [1.807, 2.05) is 0 Å². The normalized spacial score (nSPS) is 10.4. The molecule has 6 nitrogen and oxygen atoms in total. The quantitative estimate of drug-likeness (QED) is 0.370. The monoisotopic (exact) mass is 236 g/mol. The van der Waals surface area contributed by atoms with E-state index in [0.29, 0.717) is 0 Å². The lowest BCUT2D eigenvalue weighted by atomic mass is 10.7. The second-order valence-corrected chi connectivity index (χ2v) is 3.83. The fourth-order valence-electron chi connectivity index (χ4n) is 0.475. The van der Waals surface area contributed by atoms with Crippen LogP contribution in [0, 0.1) is 0 Å². The summed E-state index contributed by atoms with van der Waals surface area (Å²) in [4.78, 5) is 10.7. The van der Waals surface area contributed by atoms with E-state index in [1.54, 1.807) is 0 Å². The molecule has 0 atom stereocenters. The highest BCUT2D eigenvalue weighted by molar-refractivity contribution is 7.86. The SMILES string of the molecule is C=CCOC(=O)OCS(=O)(=O)OCC=C. The smallest absolute Gasteiger partial charge is 0.430 e. The van der Waals surface area contributed by atoms with Crippen LogP contribution in [-0.4, -0.2) is 33.7 Å². The second-order valence-electron chi connectivity index (χ2n) is 2.24. The van der Waals surface area contributed by atoms with Crippen molar-refractivity contribution in [2.45, 2.75) is 0 Å². The number of ether oxygens (including phenoxy) is 2. The van der Waals surface area contributed by atoms with Crippen molar-refractivity contribution in [2.24, 2.45) is 0 Å². The summed E-state index contributed by atoms with van der Waals surface area (Å²) in [5, 5.41) is 0. The molecule has 0 bridgehead atoms. The van der Waals surface area contributed by atoms with Crippen molar-refractivity contribution >= 4 is 16.3 Å². The molecule has 0 amide bonds. The van der Waals surface area contributed by atoms with Crippen LogP contribution < -0.4 is 0 Å². The van der Waals surface area contributed by atoms with E-state index in [2.05, 4.69) is 26.8 Å². The van der Waals surface area contributed by atoms with Gasteiger partial charge < -0.3 is 9.47 Å². The minimum atomic E-state index is -3.88. The van der Waals surface area contributed by atoms with Crippen molar-refractivity contribution in [3.05, 3.63) is 25.3 Å². The average Bonchev–Trinajstić information content (AvgIpc) is 2.21. The van der Waals surface area contributed by atoms with Gasteiger partial charge in [0, 0.05) is 0 Å². The molecule has 0 fully saturated rings. The first-order valence-corrected chi connectivity index (χ1v) is 5.48. The van der Waals surface area contributed by atoms with Gasteiger partial charge >= 0.3 is 16.3 Å². The molecule has 0 aromatic carbocycles. The van der Waals surface area contributed by atoms with Crippen LogP contribution in [0.4, 0.5) is 4.79 Å². The Morgan fingerprint density at radius 3 is 2.27 bits per heavy atom. The van der Waals surface area contributed by atoms with Crippen LogP contribution in [0.3, 0.4) is 0 Å². The van der Waals surface area contributed by atoms with Gasteiger partial charge in [-0.3, -0.25) is 4.18 Å².